The van der Waals surface area contributed by atoms with Gasteiger partial charge in [-0.1, -0.05) is 59.6 Å². The highest BCUT2D eigenvalue weighted by Gasteiger charge is 2.22. The molecule has 0 aliphatic rings. The molecule has 2 heterocycles. The van der Waals surface area contributed by atoms with Crippen LogP contribution in [0.2, 0.25) is 10.0 Å². The van der Waals surface area contributed by atoms with Crippen molar-refractivity contribution in [1.82, 2.24) is 14.5 Å². The molecule has 0 saturated heterocycles. The Morgan fingerprint density at radius 3 is 2.34 bits per heavy atom. The third-order valence-electron chi connectivity index (χ3n) is 5.90. The predicted octanol–water partition coefficient (Wildman–Crippen LogP) is 7.08. The van der Waals surface area contributed by atoms with E-state index in [9.17, 15) is 4.79 Å². The molecule has 5 aromatic rings. The topological polar surface area (TPSA) is 87.5 Å². The van der Waals surface area contributed by atoms with E-state index in [1.165, 1.54) is 14.2 Å². The van der Waals surface area contributed by atoms with Gasteiger partial charge in [-0.05, 0) is 29.3 Å². The minimum Gasteiger partial charge on any atom is -0.495 e. The van der Waals surface area contributed by atoms with Crippen molar-refractivity contribution in [2.45, 2.75) is 6.54 Å². The highest BCUT2D eigenvalue weighted by molar-refractivity contribution is 6.41. The van der Waals surface area contributed by atoms with Gasteiger partial charge in [-0.15, -0.1) is 0 Å². The number of amides is 1. The first-order valence-corrected chi connectivity index (χ1v) is 12.3. The summed E-state index contributed by atoms with van der Waals surface area (Å²) in [6.45, 7) is 0.543. The molecule has 0 spiro atoms. The number of hydrogen-bond donors (Lipinski definition) is 1. The van der Waals surface area contributed by atoms with Crippen molar-refractivity contribution >= 4 is 46.1 Å². The Morgan fingerprint density at radius 1 is 0.895 bits per heavy atom. The van der Waals surface area contributed by atoms with Crippen molar-refractivity contribution in [3.05, 3.63) is 94.9 Å². The Bertz CT molecular complexity index is 1590. The number of aromatic nitrogens is 3. The van der Waals surface area contributed by atoms with Gasteiger partial charge in [-0.3, -0.25) is 10.3 Å². The van der Waals surface area contributed by atoms with Gasteiger partial charge in [0, 0.05) is 35.6 Å². The number of methoxy groups -OCH3 is 2. The molecular weight excluding hydrogens is 527 g/mol. The van der Waals surface area contributed by atoms with E-state index < -0.39 is 6.09 Å². The fourth-order valence-electron chi connectivity index (χ4n) is 4.13. The van der Waals surface area contributed by atoms with Gasteiger partial charge in [-0.25, -0.2) is 9.78 Å². The molecule has 10 heteroatoms. The number of nitrogens with zero attached hydrogens (tertiary/aromatic N) is 3. The van der Waals surface area contributed by atoms with Crippen molar-refractivity contribution in [3.8, 4) is 28.4 Å². The number of nitrogens with one attached hydrogen (secondary N) is 1. The Hall–Kier alpha value is -4.27. The second-order valence-corrected chi connectivity index (χ2v) is 8.93. The smallest absolute Gasteiger partial charge is 0.419 e. The minimum absolute atomic E-state index is 0.255. The molecule has 0 atom stereocenters. The summed E-state index contributed by atoms with van der Waals surface area (Å²) in [7, 11) is 3.03. The second kappa shape index (κ2) is 11.0. The van der Waals surface area contributed by atoms with Crippen LogP contribution in [0.4, 0.5) is 10.7 Å². The Kier molecular flexibility index (Phi) is 7.35. The molecule has 1 N–H and O–H groups in total. The van der Waals surface area contributed by atoms with E-state index >= 15 is 0 Å². The molecule has 0 radical (unpaired) electrons. The fourth-order valence-corrected chi connectivity index (χ4v) is 4.83. The Morgan fingerprint density at radius 2 is 1.63 bits per heavy atom. The lowest BCUT2D eigenvalue weighted by molar-refractivity contribution is 0.215. The van der Waals surface area contributed by atoms with Crippen LogP contribution in [-0.4, -0.2) is 34.8 Å². The van der Waals surface area contributed by atoms with Crippen LogP contribution < -0.4 is 19.5 Å². The molecule has 2 aromatic heterocycles. The fraction of sp³-hybridized carbons (Fsp3) is 0.107. The standard InChI is InChI=1S/C28H22Cl2N4O4/c1-36-21-15-22(37-2)25(30)23(24(21)29)18-10-11-20(26-19(18)9-6-12-31-26)38-28(35)33-27-32-13-14-34(27)16-17-7-4-3-5-8-17/h3-15H,16H2,1-2H3,(H,32,33,35). The van der Waals surface area contributed by atoms with Gasteiger partial charge >= 0.3 is 6.09 Å². The molecule has 0 unspecified atom stereocenters. The van der Waals surface area contributed by atoms with E-state index in [0.29, 0.717) is 56.1 Å². The van der Waals surface area contributed by atoms with E-state index in [1.54, 1.807) is 42.9 Å². The van der Waals surface area contributed by atoms with Crippen LogP contribution in [0.25, 0.3) is 22.0 Å². The largest absolute Gasteiger partial charge is 0.495 e. The zero-order valence-electron chi connectivity index (χ0n) is 20.4. The highest BCUT2D eigenvalue weighted by Crippen LogP contribution is 2.48. The molecule has 8 nitrogen and oxygen atoms in total. The van der Waals surface area contributed by atoms with Gasteiger partial charge in [0.15, 0.2) is 5.75 Å². The lowest BCUT2D eigenvalue weighted by atomic mass is 9.99. The summed E-state index contributed by atoms with van der Waals surface area (Å²) in [5.74, 6) is 1.43. The first-order valence-electron chi connectivity index (χ1n) is 11.5. The van der Waals surface area contributed by atoms with Crippen molar-refractivity contribution < 1.29 is 19.0 Å². The van der Waals surface area contributed by atoms with Crippen LogP contribution in [0.1, 0.15) is 5.56 Å². The Labute approximate surface area is 228 Å². The summed E-state index contributed by atoms with van der Waals surface area (Å²) in [4.78, 5) is 21.6. The molecule has 0 aliphatic carbocycles. The number of imidazole rings is 1. The summed E-state index contributed by atoms with van der Waals surface area (Å²) in [6, 6.07) is 18.5. The first kappa shape index (κ1) is 25.4. The van der Waals surface area contributed by atoms with Crippen molar-refractivity contribution in [2.75, 3.05) is 19.5 Å². The number of rotatable bonds is 7. The molecule has 1 amide bonds. The van der Waals surface area contributed by atoms with Crippen LogP contribution in [0.5, 0.6) is 17.2 Å². The predicted molar refractivity (Wildman–Crippen MR) is 148 cm³/mol. The number of hydrogen-bond acceptors (Lipinski definition) is 6. The van der Waals surface area contributed by atoms with E-state index in [0.717, 1.165) is 5.56 Å². The lowest BCUT2D eigenvalue weighted by Gasteiger charge is -2.17. The third kappa shape index (κ3) is 4.96. The van der Waals surface area contributed by atoms with Crippen LogP contribution in [-0.2, 0) is 6.54 Å². The maximum absolute atomic E-state index is 12.9. The van der Waals surface area contributed by atoms with Crippen LogP contribution in [0.15, 0.2) is 79.3 Å². The van der Waals surface area contributed by atoms with Crippen LogP contribution >= 0.6 is 23.2 Å². The third-order valence-corrected chi connectivity index (χ3v) is 6.65. The number of fused-ring (bicyclic) bond motifs is 1. The number of anilines is 1. The monoisotopic (exact) mass is 548 g/mol. The molecule has 0 saturated carbocycles. The molecular formula is C28H22Cl2N4O4. The summed E-state index contributed by atoms with van der Waals surface area (Å²) in [6.07, 6.45) is 4.30. The summed E-state index contributed by atoms with van der Waals surface area (Å²) in [5.41, 5.74) is 2.70. The summed E-state index contributed by atoms with van der Waals surface area (Å²) in [5, 5.41) is 4.01. The normalized spacial score (nSPS) is 10.8. The zero-order valence-corrected chi connectivity index (χ0v) is 22.0. The average Bonchev–Trinajstić information content (AvgIpc) is 3.36. The average molecular weight is 549 g/mol. The summed E-state index contributed by atoms with van der Waals surface area (Å²) < 4.78 is 18.3. The van der Waals surface area contributed by atoms with Crippen LogP contribution in [0, 0.1) is 0 Å². The lowest BCUT2D eigenvalue weighted by Crippen LogP contribution is -2.20. The Balaban J connectivity index is 1.46. The molecule has 0 fully saturated rings. The SMILES string of the molecule is COc1cc(OC)c(Cl)c(-c2ccc(OC(=O)Nc3nccn3Cc3ccccc3)c3ncccc23)c1Cl. The molecule has 192 valence electrons. The van der Waals surface area contributed by atoms with Gasteiger partial charge in [-0.2, -0.15) is 0 Å². The maximum Gasteiger partial charge on any atom is 0.419 e. The van der Waals surface area contributed by atoms with Gasteiger partial charge < -0.3 is 18.8 Å². The van der Waals surface area contributed by atoms with Crippen LogP contribution in [0.3, 0.4) is 0 Å². The highest BCUT2D eigenvalue weighted by atomic mass is 35.5. The molecule has 0 bridgehead atoms. The zero-order chi connectivity index (χ0) is 26.6. The van der Waals surface area contributed by atoms with E-state index in [1.807, 2.05) is 41.0 Å². The number of carbonyl (C=O) groups excluding carboxylic acids is 1. The minimum atomic E-state index is -0.704. The number of halogens is 2. The van der Waals surface area contributed by atoms with Crippen molar-refractivity contribution in [1.29, 1.82) is 0 Å². The maximum atomic E-state index is 12.9. The number of benzene rings is 3. The quantitative estimate of drug-likeness (QED) is 0.233. The van der Waals surface area contributed by atoms with E-state index in [4.69, 9.17) is 37.4 Å². The molecule has 38 heavy (non-hydrogen) atoms. The van der Waals surface area contributed by atoms with Crippen molar-refractivity contribution in [2.24, 2.45) is 0 Å². The molecule has 5 rings (SSSR count). The van der Waals surface area contributed by atoms with Gasteiger partial charge in [0.25, 0.3) is 0 Å². The number of carbonyl (C=O) groups is 1. The second-order valence-electron chi connectivity index (χ2n) is 8.17. The van der Waals surface area contributed by atoms with Gasteiger partial charge in [0.05, 0.1) is 30.8 Å². The molecule has 0 aliphatic heterocycles. The van der Waals surface area contributed by atoms with Gasteiger partial charge in [0.2, 0.25) is 5.95 Å². The first-order chi connectivity index (χ1) is 18.5. The van der Waals surface area contributed by atoms with E-state index in [-0.39, 0.29) is 5.75 Å². The number of ether oxygens (including phenoxy) is 3. The molecule has 3 aromatic carbocycles. The summed E-state index contributed by atoms with van der Waals surface area (Å²) >= 11 is 13.3. The van der Waals surface area contributed by atoms with Gasteiger partial charge in [0.1, 0.15) is 17.0 Å². The number of pyridine rings is 1. The van der Waals surface area contributed by atoms with Crippen molar-refractivity contribution in [3.63, 3.8) is 0 Å². The van der Waals surface area contributed by atoms with E-state index in [2.05, 4.69) is 15.3 Å².